The van der Waals surface area contributed by atoms with Crippen LogP contribution in [0.15, 0.2) is 0 Å². The van der Waals surface area contributed by atoms with E-state index in [1.807, 2.05) is 4.90 Å². The Balaban J connectivity index is 2.46. The molecular formula is C11H21N3O2. The third-order valence-electron chi connectivity index (χ3n) is 2.79. The number of amides is 1. The fourth-order valence-corrected chi connectivity index (χ4v) is 1.88. The van der Waals surface area contributed by atoms with Crippen LogP contribution in [0.3, 0.4) is 0 Å². The molecule has 1 saturated heterocycles. The number of amidine groups is 1. The van der Waals surface area contributed by atoms with E-state index in [0.29, 0.717) is 12.4 Å². The minimum Gasteiger partial charge on any atom is -0.393 e. The first-order valence-corrected chi connectivity index (χ1v) is 5.76. The van der Waals surface area contributed by atoms with Crippen LogP contribution in [0.2, 0.25) is 0 Å². The zero-order chi connectivity index (χ0) is 12.1. The zero-order valence-electron chi connectivity index (χ0n) is 10.1. The first-order valence-electron chi connectivity index (χ1n) is 5.76. The van der Waals surface area contributed by atoms with Gasteiger partial charge in [0.15, 0.2) is 0 Å². The highest BCUT2D eigenvalue weighted by molar-refractivity contribution is 5.78. The number of rotatable bonds is 2. The van der Waals surface area contributed by atoms with Gasteiger partial charge in [-0.25, -0.2) is 0 Å². The van der Waals surface area contributed by atoms with Gasteiger partial charge < -0.3 is 14.9 Å². The highest BCUT2D eigenvalue weighted by Gasteiger charge is 2.19. The molecule has 1 heterocycles. The Hall–Kier alpha value is -1.10. The Morgan fingerprint density at radius 2 is 1.88 bits per heavy atom. The summed E-state index contributed by atoms with van der Waals surface area (Å²) in [6, 6.07) is 0. The summed E-state index contributed by atoms with van der Waals surface area (Å²) in [6.07, 6.45) is 0.516. The quantitative estimate of drug-likeness (QED) is 0.526. The molecule has 1 rings (SSSR count). The van der Waals surface area contributed by atoms with E-state index >= 15 is 0 Å². The molecule has 5 nitrogen and oxygen atoms in total. The molecule has 0 aromatic heterocycles. The minimum atomic E-state index is -0.573. The van der Waals surface area contributed by atoms with Crippen LogP contribution in [0.25, 0.3) is 0 Å². The lowest BCUT2D eigenvalue weighted by atomic mass is 10.2. The van der Waals surface area contributed by atoms with Crippen molar-refractivity contribution in [2.75, 3.05) is 26.2 Å². The Bertz CT molecular complexity index is 266. The molecule has 0 radical (unpaired) electrons. The summed E-state index contributed by atoms with van der Waals surface area (Å²) in [5.41, 5.74) is 0. The number of nitrogens with zero attached hydrogens (tertiary/aromatic N) is 2. The number of carbonyl (C=O) groups is 1. The number of aliphatic hydroxyl groups excluding tert-OH is 1. The van der Waals surface area contributed by atoms with Gasteiger partial charge in [0.1, 0.15) is 0 Å². The third kappa shape index (κ3) is 3.81. The summed E-state index contributed by atoms with van der Waals surface area (Å²) in [7, 11) is 0. The molecule has 1 aliphatic rings. The predicted molar refractivity (Wildman–Crippen MR) is 62.5 cm³/mol. The standard InChI is InChI=1S/C11H21N3O2/c1-9(15)8-11(16)14-5-3-4-13(6-7-14)10(2)12/h9,12,15H,3-8H2,1-2H3. The van der Waals surface area contributed by atoms with Gasteiger partial charge in [0.25, 0.3) is 0 Å². The maximum absolute atomic E-state index is 11.7. The van der Waals surface area contributed by atoms with Crippen molar-refractivity contribution in [2.45, 2.75) is 32.8 Å². The average molecular weight is 227 g/mol. The first-order chi connectivity index (χ1) is 7.50. The number of hydrogen-bond acceptors (Lipinski definition) is 3. The van der Waals surface area contributed by atoms with Gasteiger partial charge in [0.05, 0.1) is 18.4 Å². The van der Waals surface area contributed by atoms with Crippen LogP contribution in [-0.4, -0.2) is 58.9 Å². The van der Waals surface area contributed by atoms with Crippen LogP contribution in [0.4, 0.5) is 0 Å². The van der Waals surface area contributed by atoms with Crippen LogP contribution in [0.5, 0.6) is 0 Å². The van der Waals surface area contributed by atoms with Gasteiger partial charge in [0.2, 0.25) is 5.91 Å². The van der Waals surface area contributed by atoms with E-state index in [1.165, 1.54) is 0 Å². The summed E-state index contributed by atoms with van der Waals surface area (Å²) in [6.45, 7) is 6.35. The van der Waals surface area contributed by atoms with E-state index in [0.717, 1.165) is 26.1 Å². The second-order valence-electron chi connectivity index (χ2n) is 4.36. The summed E-state index contributed by atoms with van der Waals surface area (Å²) >= 11 is 0. The summed E-state index contributed by atoms with van der Waals surface area (Å²) in [5.74, 6) is 0.573. The monoisotopic (exact) mass is 227 g/mol. The van der Waals surface area contributed by atoms with Crippen LogP contribution >= 0.6 is 0 Å². The van der Waals surface area contributed by atoms with Crippen molar-refractivity contribution in [3.05, 3.63) is 0 Å². The fourth-order valence-electron chi connectivity index (χ4n) is 1.88. The highest BCUT2D eigenvalue weighted by Crippen LogP contribution is 2.06. The van der Waals surface area contributed by atoms with Crippen LogP contribution in [0, 0.1) is 5.41 Å². The smallest absolute Gasteiger partial charge is 0.225 e. The Morgan fingerprint density at radius 1 is 1.31 bits per heavy atom. The molecular weight excluding hydrogens is 206 g/mol. The maximum atomic E-state index is 11.7. The molecule has 0 spiro atoms. The molecule has 0 saturated carbocycles. The molecule has 0 aromatic rings. The molecule has 1 amide bonds. The summed E-state index contributed by atoms with van der Waals surface area (Å²) in [5, 5.41) is 16.7. The molecule has 1 aliphatic heterocycles. The highest BCUT2D eigenvalue weighted by atomic mass is 16.3. The van der Waals surface area contributed by atoms with Gasteiger partial charge in [0, 0.05) is 26.2 Å². The second-order valence-corrected chi connectivity index (χ2v) is 4.36. The maximum Gasteiger partial charge on any atom is 0.225 e. The Labute approximate surface area is 96.5 Å². The number of aliphatic hydroxyl groups is 1. The lowest BCUT2D eigenvalue weighted by molar-refractivity contribution is -0.132. The molecule has 0 bridgehead atoms. The normalized spacial score (nSPS) is 19.2. The molecule has 2 N–H and O–H groups in total. The van der Waals surface area contributed by atoms with Gasteiger partial charge in [-0.15, -0.1) is 0 Å². The number of carbonyl (C=O) groups excluding carboxylic acids is 1. The Morgan fingerprint density at radius 3 is 2.44 bits per heavy atom. The van der Waals surface area contributed by atoms with Gasteiger partial charge in [-0.2, -0.15) is 0 Å². The van der Waals surface area contributed by atoms with E-state index < -0.39 is 6.10 Å². The van der Waals surface area contributed by atoms with Crippen molar-refractivity contribution >= 4 is 11.7 Å². The summed E-state index contributed by atoms with van der Waals surface area (Å²) < 4.78 is 0. The van der Waals surface area contributed by atoms with Crippen molar-refractivity contribution < 1.29 is 9.90 Å². The van der Waals surface area contributed by atoms with Crippen molar-refractivity contribution in [1.82, 2.24) is 9.80 Å². The van der Waals surface area contributed by atoms with E-state index in [-0.39, 0.29) is 12.3 Å². The second kappa shape index (κ2) is 5.84. The van der Waals surface area contributed by atoms with E-state index in [4.69, 9.17) is 5.41 Å². The SMILES string of the molecule is CC(=N)N1CCCN(C(=O)CC(C)O)CC1. The molecule has 16 heavy (non-hydrogen) atoms. The fraction of sp³-hybridized carbons (Fsp3) is 0.818. The van der Waals surface area contributed by atoms with E-state index in [2.05, 4.69) is 0 Å². The molecule has 1 atom stereocenters. The summed E-state index contributed by atoms with van der Waals surface area (Å²) in [4.78, 5) is 15.5. The van der Waals surface area contributed by atoms with Crippen molar-refractivity contribution in [2.24, 2.45) is 0 Å². The van der Waals surface area contributed by atoms with Crippen molar-refractivity contribution in [3.63, 3.8) is 0 Å². The topological polar surface area (TPSA) is 67.6 Å². The number of hydrogen-bond donors (Lipinski definition) is 2. The molecule has 92 valence electrons. The van der Waals surface area contributed by atoms with Crippen LogP contribution in [-0.2, 0) is 4.79 Å². The van der Waals surface area contributed by atoms with Gasteiger partial charge in [-0.05, 0) is 20.3 Å². The van der Waals surface area contributed by atoms with Crippen molar-refractivity contribution in [3.8, 4) is 0 Å². The van der Waals surface area contributed by atoms with Crippen LogP contribution in [0.1, 0.15) is 26.7 Å². The third-order valence-corrected chi connectivity index (χ3v) is 2.79. The molecule has 0 aromatic carbocycles. The largest absolute Gasteiger partial charge is 0.393 e. The lowest BCUT2D eigenvalue weighted by Gasteiger charge is -2.22. The van der Waals surface area contributed by atoms with E-state index in [1.54, 1.807) is 18.7 Å². The number of nitrogens with one attached hydrogen (secondary N) is 1. The molecule has 1 unspecified atom stereocenters. The average Bonchev–Trinajstić information content (AvgIpc) is 2.41. The predicted octanol–water partition coefficient (Wildman–Crippen LogP) is 0.289. The Kier molecular flexibility index (Phi) is 4.73. The molecule has 0 aliphatic carbocycles. The first kappa shape index (κ1) is 13.0. The van der Waals surface area contributed by atoms with Gasteiger partial charge in [-0.3, -0.25) is 10.2 Å². The minimum absolute atomic E-state index is 0.0134. The van der Waals surface area contributed by atoms with Gasteiger partial charge >= 0.3 is 0 Å². The zero-order valence-corrected chi connectivity index (χ0v) is 10.1. The van der Waals surface area contributed by atoms with Crippen LogP contribution < -0.4 is 0 Å². The van der Waals surface area contributed by atoms with Crippen molar-refractivity contribution in [1.29, 1.82) is 5.41 Å². The lowest BCUT2D eigenvalue weighted by Crippen LogP contribution is -2.37. The molecule has 5 heteroatoms. The van der Waals surface area contributed by atoms with Gasteiger partial charge in [-0.1, -0.05) is 0 Å². The van der Waals surface area contributed by atoms with E-state index in [9.17, 15) is 9.90 Å². The molecule has 1 fully saturated rings.